The van der Waals surface area contributed by atoms with Gasteiger partial charge in [-0.15, -0.1) is 0 Å². The number of hydrogen-bond donors (Lipinski definition) is 1. The number of rotatable bonds is 8. The highest BCUT2D eigenvalue weighted by atomic mass is 16.5. The zero-order valence-electron chi connectivity index (χ0n) is 14.7. The molecule has 2 aromatic heterocycles. The molecule has 0 spiro atoms. The number of nitrogens with one attached hydrogen (secondary N) is 1. The van der Waals surface area contributed by atoms with E-state index in [1.807, 2.05) is 25.1 Å². The minimum absolute atomic E-state index is 0.115. The van der Waals surface area contributed by atoms with Gasteiger partial charge in [0.2, 0.25) is 5.89 Å². The van der Waals surface area contributed by atoms with Crippen LogP contribution in [0.15, 0.2) is 33.6 Å². The van der Waals surface area contributed by atoms with Crippen LogP contribution in [-0.2, 0) is 19.5 Å². The fraction of sp³-hybridized carbons (Fsp3) is 0.444. The largest absolute Gasteiger partial charge is 0.338 e. The molecular formula is C18H23N5O2. The summed E-state index contributed by atoms with van der Waals surface area (Å²) in [4.78, 5) is 26.1. The van der Waals surface area contributed by atoms with Gasteiger partial charge < -0.3 is 9.51 Å². The van der Waals surface area contributed by atoms with Crippen LogP contribution in [0.1, 0.15) is 44.2 Å². The number of benzene rings is 1. The van der Waals surface area contributed by atoms with Crippen LogP contribution < -0.4 is 5.56 Å². The van der Waals surface area contributed by atoms with Crippen LogP contribution in [0, 0.1) is 0 Å². The molecule has 0 saturated carbocycles. The Bertz CT molecular complexity index is 886. The van der Waals surface area contributed by atoms with Crippen LogP contribution in [0.2, 0.25) is 0 Å². The minimum atomic E-state index is -0.115. The number of aryl methyl sites for hydroxylation is 1. The van der Waals surface area contributed by atoms with Crippen molar-refractivity contribution in [3.8, 4) is 0 Å². The van der Waals surface area contributed by atoms with Crippen molar-refractivity contribution in [1.82, 2.24) is 25.0 Å². The molecule has 1 aromatic carbocycles. The summed E-state index contributed by atoms with van der Waals surface area (Å²) in [6, 6.07) is 7.34. The highest BCUT2D eigenvalue weighted by Gasteiger charge is 2.13. The lowest BCUT2D eigenvalue weighted by molar-refractivity contribution is 0.224. The SMILES string of the molecule is CCCCc1noc(CN(CC)Cc2nc3ccccc3c(=O)[nH]2)n1. The number of unbranched alkanes of at least 4 members (excludes halogenated alkanes) is 1. The number of fused-ring (bicyclic) bond motifs is 1. The lowest BCUT2D eigenvalue weighted by atomic mass is 10.2. The van der Waals surface area contributed by atoms with Crippen molar-refractivity contribution in [3.63, 3.8) is 0 Å². The zero-order valence-corrected chi connectivity index (χ0v) is 14.7. The summed E-state index contributed by atoms with van der Waals surface area (Å²) in [5, 5.41) is 4.62. The van der Waals surface area contributed by atoms with E-state index in [1.165, 1.54) is 0 Å². The molecule has 0 aliphatic heterocycles. The number of para-hydroxylation sites is 1. The van der Waals surface area contributed by atoms with E-state index in [4.69, 9.17) is 4.52 Å². The Morgan fingerprint density at radius 1 is 1.16 bits per heavy atom. The average Bonchev–Trinajstić information content (AvgIpc) is 3.07. The Kier molecular flexibility index (Phi) is 5.55. The molecule has 0 fully saturated rings. The van der Waals surface area contributed by atoms with E-state index in [9.17, 15) is 4.79 Å². The summed E-state index contributed by atoms with van der Waals surface area (Å²) in [6.45, 7) is 6.02. The van der Waals surface area contributed by atoms with Crippen molar-refractivity contribution in [2.24, 2.45) is 0 Å². The first kappa shape index (κ1) is 17.3. The second-order valence-corrected chi connectivity index (χ2v) is 6.04. The second kappa shape index (κ2) is 8.02. The molecule has 3 rings (SSSR count). The first-order valence-electron chi connectivity index (χ1n) is 8.71. The van der Waals surface area contributed by atoms with Gasteiger partial charge in [0, 0.05) is 6.42 Å². The predicted molar refractivity (Wildman–Crippen MR) is 95.1 cm³/mol. The summed E-state index contributed by atoms with van der Waals surface area (Å²) in [6.07, 6.45) is 3.00. The third-order valence-electron chi connectivity index (χ3n) is 4.11. The monoisotopic (exact) mass is 341 g/mol. The molecule has 1 N–H and O–H groups in total. The minimum Gasteiger partial charge on any atom is -0.338 e. The van der Waals surface area contributed by atoms with Crippen molar-refractivity contribution < 1.29 is 4.52 Å². The van der Waals surface area contributed by atoms with Gasteiger partial charge in [-0.1, -0.05) is 37.6 Å². The summed E-state index contributed by atoms with van der Waals surface area (Å²) >= 11 is 0. The lowest BCUT2D eigenvalue weighted by Crippen LogP contribution is -2.25. The third-order valence-corrected chi connectivity index (χ3v) is 4.11. The quantitative estimate of drug-likeness (QED) is 0.678. The first-order chi connectivity index (χ1) is 12.2. The molecule has 3 aromatic rings. The maximum absolute atomic E-state index is 12.2. The summed E-state index contributed by atoms with van der Waals surface area (Å²) in [5.74, 6) is 1.98. The van der Waals surface area contributed by atoms with Gasteiger partial charge in [0.25, 0.3) is 5.56 Å². The molecule has 7 nitrogen and oxygen atoms in total. The third kappa shape index (κ3) is 4.30. The van der Waals surface area contributed by atoms with Crippen LogP contribution in [0.5, 0.6) is 0 Å². The van der Waals surface area contributed by atoms with Crippen LogP contribution in [0.25, 0.3) is 10.9 Å². The van der Waals surface area contributed by atoms with E-state index < -0.39 is 0 Å². The fourth-order valence-corrected chi connectivity index (χ4v) is 2.68. The van der Waals surface area contributed by atoms with E-state index in [0.717, 1.165) is 31.6 Å². The van der Waals surface area contributed by atoms with Crippen molar-refractivity contribution in [3.05, 3.63) is 52.2 Å². The number of nitrogens with zero attached hydrogens (tertiary/aromatic N) is 4. The van der Waals surface area contributed by atoms with Crippen LogP contribution in [-0.4, -0.2) is 31.6 Å². The molecule has 0 aliphatic carbocycles. The van der Waals surface area contributed by atoms with E-state index in [-0.39, 0.29) is 5.56 Å². The van der Waals surface area contributed by atoms with E-state index >= 15 is 0 Å². The first-order valence-corrected chi connectivity index (χ1v) is 8.71. The van der Waals surface area contributed by atoms with Crippen molar-refractivity contribution in [2.45, 2.75) is 46.2 Å². The van der Waals surface area contributed by atoms with E-state index in [1.54, 1.807) is 6.07 Å². The smallest absolute Gasteiger partial charge is 0.258 e. The molecule has 25 heavy (non-hydrogen) atoms. The topological polar surface area (TPSA) is 87.9 Å². The van der Waals surface area contributed by atoms with Gasteiger partial charge in [-0.3, -0.25) is 9.69 Å². The molecule has 7 heteroatoms. The molecule has 0 atom stereocenters. The predicted octanol–water partition coefficient (Wildman–Crippen LogP) is 2.67. The molecule has 0 radical (unpaired) electrons. The number of aromatic nitrogens is 4. The van der Waals surface area contributed by atoms with Crippen molar-refractivity contribution in [2.75, 3.05) is 6.54 Å². The van der Waals surface area contributed by atoms with Gasteiger partial charge in [-0.2, -0.15) is 4.98 Å². The van der Waals surface area contributed by atoms with Gasteiger partial charge in [0.05, 0.1) is 24.0 Å². The molecular weight excluding hydrogens is 318 g/mol. The maximum Gasteiger partial charge on any atom is 0.258 e. The van der Waals surface area contributed by atoms with Crippen LogP contribution >= 0.6 is 0 Å². The maximum atomic E-state index is 12.2. The van der Waals surface area contributed by atoms with Gasteiger partial charge in [-0.05, 0) is 25.1 Å². The zero-order chi connectivity index (χ0) is 17.6. The molecule has 132 valence electrons. The molecule has 0 unspecified atom stereocenters. The Balaban J connectivity index is 1.71. The Morgan fingerprint density at radius 2 is 2.00 bits per heavy atom. The van der Waals surface area contributed by atoms with Gasteiger partial charge in [0.15, 0.2) is 5.82 Å². The number of H-pyrrole nitrogens is 1. The number of aromatic amines is 1. The summed E-state index contributed by atoms with van der Waals surface area (Å²) in [5.41, 5.74) is 0.591. The van der Waals surface area contributed by atoms with Gasteiger partial charge in [-0.25, -0.2) is 4.98 Å². The van der Waals surface area contributed by atoms with Crippen molar-refractivity contribution >= 4 is 10.9 Å². The van der Waals surface area contributed by atoms with Gasteiger partial charge in [0.1, 0.15) is 5.82 Å². The Morgan fingerprint density at radius 3 is 2.80 bits per heavy atom. The molecule has 0 aliphatic rings. The normalized spacial score (nSPS) is 11.5. The average molecular weight is 341 g/mol. The fourth-order valence-electron chi connectivity index (χ4n) is 2.68. The highest BCUT2D eigenvalue weighted by Crippen LogP contribution is 2.10. The standard InChI is InChI=1S/C18H23N5O2/c1-3-5-10-15-20-17(25-22-15)12-23(4-2)11-16-19-14-9-7-6-8-13(14)18(24)21-16/h6-9H,3-5,10-12H2,1-2H3,(H,19,21,24). The molecule has 0 bridgehead atoms. The molecule has 2 heterocycles. The van der Waals surface area contributed by atoms with Crippen molar-refractivity contribution in [1.29, 1.82) is 0 Å². The summed E-state index contributed by atoms with van der Waals surface area (Å²) in [7, 11) is 0. The summed E-state index contributed by atoms with van der Waals surface area (Å²) < 4.78 is 5.33. The Hall–Kier alpha value is -2.54. The second-order valence-electron chi connectivity index (χ2n) is 6.04. The lowest BCUT2D eigenvalue weighted by Gasteiger charge is -2.17. The van der Waals surface area contributed by atoms with Crippen LogP contribution in [0.3, 0.4) is 0 Å². The molecule has 0 amide bonds. The Labute approximate surface area is 146 Å². The van der Waals surface area contributed by atoms with E-state index in [2.05, 4.69) is 31.9 Å². The van der Waals surface area contributed by atoms with E-state index in [0.29, 0.717) is 35.7 Å². The molecule has 0 saturated heterocycles. The highest BCUT2D eigenvalue weighted by molar-refractivity contribution is 5.77. The number of hydrogen-bond acceptors (Lipinski definition) is 6. The van der Waals surface area contributed by atoms with Crippen LogP contribution in [0.4, 0.5) is 0 Å². The van der Waals surface area contributed by atoms with Gasteiger partial charge >= 0.3 is 0 Å².